The monoisotopic (exact) mass is 312 g/mol. The second kappa shape index (κ2) is 5.08. The summed E-state index contributed by atoms with van der Waals surface area (Å²) < 4.78 is 0.645. The highest BCUT2D eigenvalue weighted by Crippen LogP contribution is 2.30. The highest BCUT2D eigenvalue weighted by molar-refractivity contribution is 9.10. The molecule has 1 aromatic carbocycles. The molecule has 0 saturated carbocycles. The van der Waals surface area contributed by atoms with Gasteiger partial charge >= 0.3 is 0 Å². The van der Waals surface area contributed by atoms with Crippen LogP contribution >= 0.6 is 15.9 Å². The lowest BCUT2D eigenvalue weighted by molar-refractivity contribution is -0.384. The fourth-order valence-electron chi connectivity index (χ4n) is 1.43. The van der Waals surface area contributed by atoms with E-state index in [1.165, 1.54) is 6.07 Å². The van der Waals surface area contributed by atoms with Crippen molar-refractivity contribution in [2.24, 2.45) is 0 Å². The maximum absolute atomic E-state index is 10.9. The number of hydrogen-bond donors (Lipinski definition) is 2. The molecule has 0 spiro atoms. The summed E-state index contributed by atoms with van der Waals surface area (Å²) in [5, 5.41) is 27.3. The van der Waals surface area contributed by atoms with E-state index in [0.29, 0.717) is 16.0 Å². The highest BCUT2D eigenvalue weighted by Gasteiger charge is 2.18. The van der Waals surface area contributed by atoms with Crippen LogP contribution in [0.25, 0.3) is 0 Å². The molecule has 0 radical (unpaired) electrons. The van der Waals surface area contributed by atoms with E-state index in [4.69, 9.17) is 0 Å². The number of nitro groups is 1. The molecular formula is C9H9BrN6O2. The second-order valence-corrected chi connectivity index (χ2v) is 4.47. The summed E-state index contributed by atoms with van der Waals surface area (Å²) in [6.45, 7) is 1.79. The van der Waals surface area contributed by atoms with Crippen LogP contribution in [0.5, 0.6) is 0 Å². The number of H-pyrrole nitrogens is 1. The fraction of sp³-hybridized carbons (Fsp3) is 0.222. The quantitative estimate of drug-likeness (QED) is 0.660. The van der Waals surface area contributed by atoms with Gasteiger partial charge < -0.3 is 5.32 Å². The standard InChI is InChI=1S/C9H9BrN6O2/c1-5(9-12-14-15-13-9)11-7-3-2-6(10)4-8(7)16(17)18/h2-5,11H,1H3,(H,12,13,14,15). The van der Waals surface area contributed by atoms with Crippen molar-refractivity contribution in [2.75, 3.05) is 5.32 Å². The third-order valence-corrected chi connectivity index (χ3v) is 2.77. The average molecular weight is 313 g/mol. The van der Waals surface area contributed by atoms with Crippen molar-refractivity contribution < 1.29 is 4.92 Å². The lowest BCUT2D eigenvalue weighted by Crippen LogP contribution is -2.10. The van der Waals surface area contributed by atoms with Gasteiger partial charge in [-0.25, -0.2) is 0 Å². The topological polar surface area (TPSA) is 110 Å². The maximum Gasteiger partial charge on any atom is 0.293 e. The third kappa shape index (κ3) is 2.62. The van der Waals surface area contributed by atoms with Crippen molar-refractivity contribution in [2.45, 2.75) is 13.0 Å². The largest absolute Gasteiger partial charge is 0.370 e. The summed E-state index contributed by atoms with van der Waals surface area (Å²) in [5.74, 6) is 0.437. The van der Waals surface area contributed by atoms with Crippen LogP contribution in [0.15, 0.2) is 22.7 Å². The third-order valence-electron chi connectivity index (χ3n) is 2.28. The first-order chi connectivity index (χ1) is 8.58. The molecule has 2 aromatic rings. The molecule has 1 heterocycles. The van der Waals surface area contributed by atoms with Gasteiger partial charge in [0.2, 0.25) is 0 Å². The first-order valence-electron chi connectivity index (χ1n) is 5.01. The van der Waals surface area contributed by atoms with Crippen LogP contribution in [-0.2, 0) is 0 Å². The van der Waals surface area contributed by atoms with Gasteiger partial charge in [-0.15, -0.1) is 10.2 Å². The van der Waals surface area contributed by atoms with Crippen LogP contribution in [0.3, 0.4) is 0 Å². The Balaban J connectivity index is 2.26. The Kier molecular flexibility index (Phi) is 3.51. The van der Waals surface area contributed by atoms with Gasteiger partial charge in [0, 0.05) is 10.5 Å². The number of nitro benzene ring substituents is 1. The molecule has 2 N–H and O–H groups in total. The van der Waals surface area contributed by atoms with Crippen LogP contribution in [-0.4, -0.2) is 25.5 Å². The van der Waals surface area contributed by atoms with Crippen molar-refractivity contribution in [1.82, 2.24) is 20.6 Å². The number of halogens is 1. The number of nitrogens with zero attached hydrogens (tertiary/aromatic N) is 4. The molecule has 1 unspecified atom stereocenters. The number of nitrogens with one attached hydrogen (secondary N) is 2. The molecule has 0 amide bonds. The zero-order valence-corrected chi connectivity index (χ0v) is 10.9. The van der Waals surface area contributed by atoms with Gasteiger partial charge in [-0.1, -0.05) is 21.1 Å². The Morgan fingerprint density at radius 3 is 2.94 bits per heavy atom. The number of aromatic nitrogens is 4. The predicted octanol–water partition coefficient (Wildman–Crippen LogP) is 2.04. The molecule has 0 fully saturated rings. The van der Waals surface area contributed by atoms with Gasteiger partial charge in [-0.05, 0) is 19.1 Å². The lowest BCUT2D eigenvalue weighted by atomic mass is 10.2. The van der Waals surface area contributed by atoms with Crippen LogP contribution in [0.2, 0.25) is 0 Å². The van der Waals surface area contributed by atoms with Gasteiger partial charge in [0.1, 0.15) is 5.69 Å². The van der Waals surface area contributed by atoms with E-state index in [2.05, 4.69) is 41.9 Å². The number of aromatic amines is 1. The van der Waals surface area contributed by atoms with E-state index in [-0.39, 0.29) is 11.7 Å². The Hall–Kier alpha value is -2.03. The van der Waals surface area contributed by atoms with E-state index in [0.717, 1.165) is 0 Å². The molecule has 1 aromatic heterocycles. The molecule has 1 atom stereocenters. The van der Waals surface area contributed by atoms with Gasteiger partial charge in [-0.2, -0.15) is 5.21 Å². The first-order valence-corrected chi connectivity index (χ1v) is 5.81. The summed E-state index contributed by atoms with van der Waals surface area (Å²) in [7, 11) is 0. The minimum absolute atomic E-state index is 0.0141. The van der Waals surface area contributed by atoms with Crippen molar-refractivity contribution in [3.63, 3.8) is 0 Å². The zero-order valence-electron chi connectivity index (χ0n) is 9.29. The van der Waals surface area contributed by atoms with Crippen molar-refractivity contribution in [3.05, 3.63) is 38.6 Å². The van der Waals surface area contributed by atoms with Gasteiger partial charge in [-0.3, -0.25) is 10.1 Å². The molecule has 0 aliphatic rings. The average Bonchev–Trinajstić information content (AvgIpc) is 2.84. The molecule has 8 nitrogen and oxygen atoms in total. The highest BCUT2D eigenvalue weighted by atomic mass is 79.9. The second-order valence-electron chi connectivity index (χ2n) is 3.55. The van der Waals surface area contributed by atoms with Crippen LogP contribution in [0.4, 0.5) is 11.4 Å². The number of rotatable bonds is 4. The number of benzene rings is 1. The van der Waals surface area contributed by atoms with E-state index in [1.807, 2.05) is 0 Å². The number of hydrogen-bond acceptors (Lipinski definition) is 6. The number of tetrazole rings is 1. The molecule has 0 saturated heterocycles. The molecule has 18 heavy (non-hydrogen) atoms. The minimum Gasteiger partial charge on any atom is -0.370 e. The molecule has 9 heteroatoms. The van der Waals surface area contributed by atoms with Crippen LogP contribution < -0.4 is 5.32 Å². The Bertz CT molecular complexity index is 558. The molecule has 2 rings (SSSR count). The summed E-state index contributed by atoms with van der Waals surface area (Å²) in [6.07, 6.45) is 0. The predicted molar refractivity (Wildman–Crippen MR) is 67.0 cm³/mol. The van der Waals surface area contributed by atoms with Gasteiger partial charge in [0.15, 0.2) is 5.82 Å². The number of anilines is 1. The Labute approximate surface area is 110 Å². The summed E-state index contributed by atoms with van der Waals surface area (Å²) in [4.78, 5) is 10.5. The molecule has 0 bridgehead atoms. The van der Waals surface area contributed by atoms with Crippen LogP contribution in [0, 0.1) is 10.1 Å². The summed E-state index contributed by atoms with van der Waals surface area (Å²) in [5.41, 5.74) is 0.389. The summed E-state index contributed by atoms with van der Waals surface area (Å²) >= 11 is 3.20. The van der Waals surface area contributed by atoms with Crippen molar-refractivity contribution in [3.8, 4) is 0 Å². The van der Waals surface area contributed by atoms with E-state index in [9.17, 15) is 10.1 Å². The van der Waals surface area contributed by atoms with Crippen molar-refractivity contribution in [1.29, 1.82) is 0 Å². The maximum atomic E-state index is 10.9. The first kappa shape index (κ1) is 12.4. The Morgan fingerprint density at radius 2 is 2.33 bits per heavy atom. The summed E-state index contributed by atoms with van der Waals surface area (Å²) in [6, 6.07) is 4.49. The smallest absolute Gasteiger partial charge is 0.293 e. The molecular weight excluding hydrogens is 304 g/mol. The van der Waals surface area contributed by atoms with E-state index in [1.54, 1.807) is 19.1 Å². The molecule has 0 aliphatic heterocycles. The normalized spacial score (nSPS) is 12.1. The van der Waals surface area contributed by atoms with Crippen LogP contribution in [0.1, 0.15) is 18.8 Å². The van der Waals surface area contributed by atoms with E-state index < -0.39 is 4.92 Å². The molecule has 94 valence electrons. The lowest BCUT2D eigenvalue weighted by Gasteiger charge is -2.11. The van der Waals surface area contributed by atoms with E-state index >= 15 is 0 Å². The zero-order chi connectivity index (χ0) is 13.1. The molecule has 0 aliphatic carbocycles. The van der Waals surface area contributed by atoms with Crippen molar-refractivity contribution >= 4 is 27.3 Å². The van der Waals surface area contributed by atoms with Gasteiger partial charge in [0.25, 0.3) is 5.69 Å². The fourth-order valence-corrected chi connectivity index (χ4v) is 1.78. The minimum atomic E-state index is -0.448. The SMILES string of the molecule is CC(Nc1ccc(Br)cc1[N+](=O)[O-])c1nn[nH]n1. The van der Waals surface area contributed by atoms with Gasteiger partial charge in [0.05, 0.1) is 11.0 Å². The Morgan fingerprint density at radius 1 is 1.56 bits per heavy atom.